The van der Waals surface area contributed by atoms with E-state index in [1.807, 2.05) is 0 Å². The number of carbonyl (C=O) groups excluding carboxylic acids is 1. The van der Waals surface area contributed by atoms with Crippen molar-refractivity contribution < 1.29 is 22.5 Å². The van der Waals surface area contributed by atoms with Gasteiger partial charge in [-0.1, -0.05) is 103 Å². The highest BCUT2D eigenvalue weighted by molar-refractivity contribution is 7.91. The van der Waals surface area contributed by atoms with E-state index in [1.54, 1.807) is 0 Å². The van der Waals surface area contributed by atoms with Crippen LogP contribution in [-0.2, 0) is 21.6 Å². The molecule has 0 aliphatic heterocycles. The van der Waals surface area contributed by atoms with Crippen LogP contribution in [0.1, 0.15) is 120 Å². The first-order valence-corrected chi connectivity index (χ1v) is 15.4. The van der Waals surface area contributed by atoms with Crippen molar-refractivity contribution in [2.75, 3.05) is 12.9 Å². The molecule has 36 heavy (non-hydrogen) atoms. The molecule has 0 atom stereocenters. The summed E-state index contributed by atoms with van der Waals surface area (Å²) in [6, 6.07) is 2.58. The molecule has 1 heterocycles. The smallest absolute Gasteiger partial charge is 0.365 e. The second-order valence-electron chi connectivity index (χ2n) is 9.86. The summed E-state index contributed by atoms with van der Waals surface area (Å²) in [6.45, 7) is 2.25. The highest BCUT2D eigenvalue weighted by Gasteiger charge is 2.24. The molecule has 0 saturated carbocycles. The topological polar surface area (TPSA) is 95.6 Å². The van der Waals surface area contributed by atoms with Gasteiger partial charge in [0.15, 0.2) is 9.84 Å². The number of rotatable bonds is 19. The Balaban J connectivity index is 1.67. The van der Waals surface area contributed by atoms with Gasteiger partial charge in [0.05, 0.1) is 28.7 Å². The Bertz CT molecular complexity index is 1100. The summed E-state index contributed by atoms with van der Waals surface area (Å²) in [5, 5.41) is 0.0611. The maximum absolute atomic E-state index is 12.9. The Morgan fingerprint density at radius 2 is 1.31 bits per heavy atom. The average molecular weight is 524 g/mol. The normalized spacial score (nSPS) is 11.9. The van der Waals surface area contributed by atoms with Crippen molar-refractivity contribution in [2.45, 2.75) is 115 Å². The second-order valence-corrected chi connectivity index (χ2v) is 12.0. The molecule has 204 valence electrons. The highest BCUT2D eigenvalue weighted by Crippen LogP contribution is 2.24. The fourth-order valence-electron chi connectivity index (χ4n) is 4.73. The van der Waals surface area contributed by atoms with E-state index in [1.165, 1.54) is 103 Å². The number of methoxy groups -OCH3 is 1. The number of benzene rings is 1. The van der Waals surface area contributed by atoms with E-state index >= 15 is 0 Å². The van der Waals surface area contributed by atoms with Gasteiger partial charge in [-0.05, 0) is 18.6 Å². The van der Waals surface area contributed by atoms with Crippen LogP contribution in [0.5, 0.6) is 0 Å². The number of aryl methyl sites for hydroxylation is 1. The van der Waals surface area contributed by atoms with Crippen LogP contribution < -0.4 is 5.63 Å². The van der Waals surface area contributed by atoms with Crippen LogP contribution in [0.25, 0.3) is 10.9 Å². The fraction of sp³-hybridized carbons (Fsp3) is 0.714. The van der Waals surface area contributed by atoms with Crippen molar-refractivity contribution in [1.82, 2.24) is 4.74 Å². The van der Waals surface area contributed by atoms with Crippen LogP contribution in [0.3, 0.4) is 0 Å². The Morgan fingerprint density at radius 3 is 1.78 bits per heavy atom. The monoisotopic (exact) mass is 523 g/mol. The van der Waals surface area contributed by atoms with Crippen LogP contribution in [-0.4, -0.2) is 32.0 Å². The number of hydrogen-bond acceptors (Lipinski definition) is 6. The first-order chi connectivity index (χ1) is 17.3. The van der Waals surface area contributed by atoms with E-state index in [2.05, 4.69) is 6.92 Å². The predicted molar refractivity (Wildman–Crippen MR) is 144 cm³/mol. The summed E-state index contributed by atoms with van der Waals surface area (Å²) < 4.78 is 36.8. The Morgan fingerprint density at radius 1 is 0.833 bits per heavy atom. The molecule has 7 nitrogen and oxygen atoms in total. The maximum Gasteiger partial charge on any atom is 0.365 e. The average Bonchev–Trinajstić information content (AvgIpc) is 3.15. The number of sulfone groups is 1. The van der Waals surface area contributed by atoms with Crippen molar-refractivity contribution in [3.63, 3.8) is 0 Å². The zero-order valence-electron chi connectivity index (χ0n) is 22.5. The van der Waals surface area contributed by atoms with Gasteiger partial charge >= 0.3 is 11.6 Å². The number of unbranched alkanes of at least 4 members (excludes halogenated alkanes) is 15. The highest BCUT2D eigenvalue weighted by atomic mass is 32.2. The summed E-state index contributed by atoms with van der Waals surface area (Å²) >= 11 is 0. The predicted octanol–water partition coefficient (Wildman–Crippen LogP) is 6.95. The lowest BCUT2D eigenvalue weighted by atomic mass is 10.0. The molecule has 2 aromatic rings. The number of ether oxygens (including phenoxy) is 1. The number of fused-ring (bicyclic) bond motifs is 1. The fourth-order valence-corrected chi connectivity index (χ4v) is 6.14. The molecule has 0 radical (unpaired) electrons. The lowest BCUT2D eigenvalue weighted by Crippen LogP contribution is -2.11. The minimum Gasteiger partial charge on any atom is -0.465 e. The van der Waals surface area contributed by atoms with Gasteiger partial charge in [0.2, 0.25) is 0 Å². The number of aromatic nitrogens is 1. The van der Waals surface area contributed by atoms with Crippen molar-refractivity contribution in [3.05, 3.63) is 28.1 Å². The maximum atomic E-state index is 12.9. The molecule has 0 amide bonds. The first kappa shape index (κ1) is 30.1. The van der Waals surface area contributed by atoms with Crippen molar-refractivity contribution in [3.8, 4) is 0 Å². The summed E-state index contributed by atoms with van der Waals surface area (Å²) in [5.74, 6) is -0.730. The van der Waals surface area contributed by atoms with Gasteiger partial charge < -0.3 is 9.26 Å². The van der Waals surface area contributed by atoms with Gasteiger partial charge in [0, 0.05) is 7.05 Å². The molecule has 0 spiro atoms. The van der Waals surface area contributed by atoms with Gasteiger partial charge in [-0.15, -0.1) is 0 Å². The largest absolute Gasteiger partial charge is 0.465 e. The van der Waals surface area contributed by atoms with Crippen LogP contribution in [0.4, 0.5) is 0 Å². The third-order valence-corrected chi connectivity index (χ3v) is 8.65. The lowest BCUT2D eigenvalue weighted by Gasteiger charge is -2.08. The Kier molecular flexibility index (Phi) is 13.3. The minimum atomic E-state index is -3.64. The van der Waals surface area contributed by atoms with E-state index in [0.717, 1.165) is 24.0 Å². The van der Waals surface area contributed by atoms with Crippen LogP contribution in [0, 0.1) is 0 Å². The van der Waals surface area contributed by atoms with Crippen molar-refractivity contribution >= 4 is 26.7 Å². The van der Waals surface area contributed by atoms with Gasteiger partial charge in [0.25, 0.3) is 0 Å². The van der Waals surface area contributed by atoms with E-state index in [0.29, 0.717) is 6.42 Å². The Labute approximate surface area is 216 Å². The molecule has 0 bridgehead atoms. The molecule has 0 aliphatic rings. The van der Waals surface area contributed by atoms with Gasteiger partial charge in [-0.2, -0.15) is 0 Å². The third-order valence-electron chi connectivity index (χ3n) is 6.87. The zero-order chi connectivity index (χ0) is 26.4. The number of hydrogen-bond donors (Lipinski definition) is 0. The van der Waals surface area contributed by atoms with Crippen molar-refractivity contribution in [1.29, 1.82) is 0 Å². The Hall–Kier alpha value is -2.09. The van der Waals surface area contributed by atoms with Gasteiger partial charge in [-0.25, -0.2) is 22.7 Å². The SMILES string of the molecule is CCCCCCCCCCCCCCCCCCS(=O)(=O)c1cc(C(=O)OC)c2c(c1)c(=O)on2C. The molecule has 0 fully saturated rings. The van der Waals surface area contributed by atoms with E-state index < -0.39 is 21.4 Å². The summed E-state index contributed by atoms with van der Waals surface area (Å²) in [5.41, 5.74) is -0.445. The van der Waals surface area contributed by atoms with E-state index in [4.69, 9.17) is 9.26 Å². The molecule has 1 aromatic carbocycles. The first-order valence-electron chi connectivity index (χ1n) is 13.8. The van der Waals surface area contributed by atoms with Gasteiger partial charge in [-0.3, -0.25) is 0 Å². The number of esters is 1. The molecule has 1 aromatic heterocycles. The molecule has 0 N–H and O–H groups in total. The van der Waals surface area contributed by atoms with Crippen LogP contribution in [0.2, 0.25) is 0 Å². The van der Waals surface area contributed by atoms with Gasteiger partial charge in [0.1, 0.15) is 5.52 Å². The van der Waals surface area contributed by atoms with Crippen molar-refractivity contribution in [2.24, 2.45) is 7.05 Å². The van der Waals surface area contributed by atoms with E-state index in [9.17, 15) is 18.0 Å². The molecule has 0 unspecified atom stereocenters. The zero-order valence-corrected chi connectivity index (χ0v) is 23.3. The number of nitrogens with zero attached hydrogens (tertiary/aromatic N) is 1. The minimum absolute atomic E-state index is 0.00824. The second kappa shape index (κ2) is 15.9. The molecule has 0 aliphatic carbocycles. The van der Waals surface area contributed by atoms with Crippen LogP contribution >= 0.6 is 0 Å². The molecule has 0 saturated heterocycles. The summed E-state index contributed by atoms with van der Waals surface area (Å²) in [4.78, 5) is 24.3. The third kappa shape index (κ3) is 9.41. The summed E-state index contributed by atoms with van der Waals surface area (Å²) in [6.07, 6.45) is 19.6. The molecule has 2 rings (SSSR count). The standard InChI is InChI=1S/C28H45NO6S/c1-4-5-6-7-8-9-10-11-12-13-14-15-16-17-18-19-20-36(32,33)23-21-24(27(30)34-3)26-25(22-23)28(31)35-29(26)2/h21-22H,4-20H2,1-3H3. The number of carbonyl (C=O) groups is 1. The van der Waals surface area contributed by atoms with Crippen LogP contribution in [0.15, 0.2) is 26.3 Å². The molecular formula is C28H45NO6S. The van der Waals surface area contributed by atoms with E-state index in [-0.39, 0.29) is 27.1 Å². The lowest BCUT2D eigenvalue weighted by molar-refractivity contribution is 0.0601. The molecular weight excluding hydrogens is 478 g/mol. The quantitative estimate of drug-likeness (QED) is 0.146. The summed E-state index contributed by atoms with van der Waals surface area (Å²) in [7, 11) is -0.941. The molecule has 8 heteroatoms.